The van der Waals surface area contributed by atoms with Gasteiger partial charge >= 0.3 is 0 Å². The van der Waals surface area contributed by atoms with Crippen LogP contribution in [0.1, 0.15) is 161 Å². The topological polar surface area (TPSA) is 19.7 Å². The Morgan fingerprint density at radius 1 is 0.312 bits per heavy atom. The Bertz CT molecular complexity index is 2550. The first-order chi connectivity index (χ1) is 30.0. The lowest BCUT2D eigenvalue weighted by atomic mass is 9.85. The van der Waals surface area contributed by atoms with Crippen LogP contribution in [0.15, 0.2) is 122 Å². The Balaban J connectivity index is 0.000000405. The van der Waals surface area contributed by atoms with E-state index in [0.717, 1.165) is 0 Å². The van der Waals surface area contributed by atoms with Crippen LogP contribution in [0.2, 0.25) is 0 Å². The first-order valence-electron chi connectivity index (χ1n) is 24.2. The van der Waals surface area contributed by atoms with Crippen LogP contribution in [0.5, 0.6) is 0 Å². The van der Waals surface area contributed by atoms with Gasteiger partial charge in [0.05, 0.1) is 5.52 Å². The molecule has 0 amide bonds. The van der Waals surface area contributed by atoms with E-state index >= 15 is 0 Å². The number of aryl methyl sites for hydroxylation is 4. The summed E-state index contributed by atoms with van der Waals surface area (Å²) >= 11 is 0. The molecule has 4 aromatic heterocycles. The summed E-state index contributed by atoms with van der Waals surface area (Å²) in [4.78, 5) is 0. The minimum Gasteiger partial charge on any atom is -0.351 e. The van der Waals surface area contributed by atoms with Crippen molar-refractivity contribution in [1.82, 2.24) is 18.3 Å². The summed E-state index contributed by atoms with van der Waals surface area (Å²) in [6.07, 6.45) is 8.47. The molecule has 4 aromatic carbocycles. The molecule has 0 bridgehead atoms. The molecule has 0 radical (unpaired) electrons. The number of para-hydroxylation sites is 1. The minimum absolute atomic E-state index is 0.214. The Labute approximate surface area is 392 Å². The fourth-order valence-electron chi connectivity index (χ4n) is 7.39. The highest BCUT2D eigenvalue weighted by Gasteiger charge is 2.19. The highest BCUT2D eigenvalue weighted by atomic mass is 14.9. The summed E-state index contributed by atoms with van der Waals surface area (Å²) < 4.78 is 8.70. The summed E-state index contributed by atoms with van der Waals surface area (Å²) in [7, 11) is 8.38. The maximum absolute atomic E-state index is 2.29. The molecule has 0 aliphatic heterocycles. The van der Waals surface area contributed by atoms with E-state index in [0.29, 0.717) is 0 Å². The summed E-state index contributed by atoms with van der Waals surface area (Å²) in [6, 6.07) is 35.2. The Hall–Kier alpha value is -4.96. The number of nitrogens with zero attached hydrogens (tertiary/aromatic N) is 4. The fraction of sp³-hybridized carbons (Fsp3) is 0.467. The predicted octanol–water partition coefficient (Wildman–Crippen LogP) is 18.0. The average Bonchev–Trinajstić information content (AvgIpc) is 4.05. The molecule has 0 fully saturated rings. The molecular weight excluding hydrogens is 777 g/mol. The van der Waals surface area contributed by atoms with Gasteiger partial charge in [0.2, 0.25) is 0 Å². The van der Waals surface area contributed by atoms with Gasteiger partial charge in [-0.1, -0.05) is 187 Å². The Morgan fingerprint density at radius 3 is 1.28 bits per heavy atom. The SMILES string of the molecule is CC.CC.CC.CC.Cn1ccc2c(C(C)(C)C)cccc21.Cn1ccc2cc(C(C)(C)C)ccc21.Cn1ccc2ccc(C(C)(C)C)cc21.Cn1ccc2cccc(C(C)(C)C)c21. The second-order valence-electron chi connectivity index (χ2n) is 19.7. The van der Waals surface area contributed by atoms with Gasteiger partial charge in [0, 0.05) is 74.9 Å². The lowest BCUT2D eigenvalue weighted by molar-refractivity contribution is 0.590. The maximum atomic E-state index is 2.29. The summed E-state index contributed by atoms with van der Waals surface area (Å²) in [5.74, 6) is 0. The van der Waals surface area contributed by atoms with Crippen LogP contribution in [0.25, 0.3) is 43.6 Å². The van der Waals surface area contributed by atoms with E-state index in [1.165, 1.54) is 65.9 Å². The molecule has 64 heavy (non-hydrogen) atoms. The molecule has 0 saturated carbocycles. The van der Waals surface area contributed by atoms with Gasteiger partial charge in [0.15, 0.2) is 0 Å². The molecule has 4 heteroatoms. The highest BCUT2D eigenvalue weighted by molar-refractivity contribution is 5.85. The largest absolute Gasteiger partial charge is 0.351 e. The third-order valence-electron chi connectivity index (χ3n) is 10.9. The molecule has 8 aromatic rings. The van der Waals surface area contributed by atoms with Crippen molar-refractivity contribution in [2.45, 2.75) is 160 Å². The lowest BCUT2D eigenvalue weighted by Crippen LogP contribution is -2.12. The number of rotatable bonds is 0. The summed E-state index contributed by atoms with van der Waals surface area (Å²) in [5, 5.41) is 5.36. The van der Waals surface area contributed by atoms with Crippen molar-refractivity contribution in [2.24, 2.45) is 28.2 Å². The fourth-order valence-corrected chi connectivity index (χ4v) is 7.39. The average molecular weight is 869 g/mol. The van der Waals surface area contributed by atoms with Gasteiger partial charge in [-0.15, -0.1) is 0 Å². The first-order valence-corrected chi connectivity index (χ1v) is 24.2. The minimum atomic E-state index is 0.214. The van der Waals surface area contributed by atoms with Crippen molar-refractivity contribution in [3.63, 3.8) is 0 Å². The molecule has 0 spiro atoms. The number of hydrogen-bond acceptors (Lipinski definition) is 0. The van der Waals surface area contributed by atoms with Gasteiger partial charge in [-0.2, -0.15) is 0 Å². The van der Waals surface area contributed by atoms with E-state index in [4.69, 9.17) is 0 Å². The number of fused-ring (bicyclic) bond motifs is 4. The van der Waals surface area contributed by atoms with Crippen molar-refractivity contribution in [2.75, 3.05) is 0 Å². The van der Waals surface area contributed by atoms with E-state index in [1.54, 1.807) is 0 Å². The van der Waals surface area contributed by atoms with Crippen molar-refractivity contribution in [3.8, 4) is 0 Å². The quantitative estimate of drug-likeness (QED) is 0.145. The molecule has 0 atom stereocenters. The standard InChI is InChI=1S/4C13H17N.4C2H6/c1-13(2,3)11-5-6-12-10(9-11)7-8-14(12)4;1-13(2,3)11-6-5-10-7-8-14(4)12(10)9-11;1-13(2,3)11-6-5-7-12-10(11)8-9-14(12)4;1-13(2,3)11-7-5-6-10-8-9-14(4)12(10)11;4*1-2/h4*5-9H,1-4H3;4*1-2H3. The van der Waals surface area contributed by atoms with E-state index in [2.05, 4.69) is 251 Å². The molecule has 0 saturated heterocycles. The second kappa shape index (κ2) is 24.9. The van der Waals surface area contributed by atoms with Gasteiger partial charge in [-0.3, -0.25) is 0 Å². The predicted molar refractivity (Wildman–Crippen MR) is 292 cm³/mol. The van der Waals surface area contributed by atoms with E-state index in [9.17, 15) is 0 Å². The normalized spacial score (nSPS) is 11.1. The zero-order valence-electron chi connectivity index (χ0n) is 45.3. The summed E-state index contributed by atoms with van der Waals surface area (Å²) in [5.41, 5.74) is 11.9. The second-order valence-corrected chi connectivity index (χ2v) is 19.7. The molecular formula is C60H92N4. The Kier molecular flexibility index (Phi) is 22.2. The number of benzene rings is 4. The number of hydrogen-bond donors (Lipinski definition) is 0. The van der Waals surface area contributed by atoms with E-state index in [-0.39, 0.29) is 21.7 Å². The maximum Gasteiger partial charge on any atom is 0.0515 e. The van der Waals surface area contributed by atoms with E-state index in [1.807, 2.05) is 55.4 Å². The summed E-state index contributed by atoms with van der Waals surface area (Å²) in [6.45, 7) is 43.0. The van der Waals surface area contributed by atoms with Gasteiger partial charge in [0.25, 0.3) is 0 Å². The van der Waals surface area contributed by atoms with E-state index < -0.39 is 0 Å². The molecule has 4 heterocycles. The van der Waals surface area contributed by atoms with Gasteiger partial charge in [0.1, 0.15) is 0 Å². The molecule has 352 valence electrons. The molecule has 4 nitrogen and oxygen atoms in total. The van der Waals surface area contributed by atoms with Gasteiger partial charge < -0.3 is 18.3 Å². The van der Waals surface area contributed by atoms with Crippen molar-refractivity contribution in [1.29, 1.82) is 0 Å². The molecule has 0 aliphatic carbocycles. The Morgan fingerprint density at radius 2 is 0.734 bits per heavy atom. The molecule has 0 unspecified atom stereocenters. The van der Waals surface area contributed by atoms with Gasteiger partial charge in [-0.05, 0) is 109 Å². The smallest absolute Gasteiger partial charge is 0.0515 e. The third-order valence-corrected chi connectivity index (χ3v) is 10.9. The van der Waals surface area contributed by atoms with Crippen LogP contribution in [-0.2, 0) is 49.9 Å². The zero-order valence-corrected chi connectivity index (χ0v) is 45.3. The monoisotopic (exact) mass is 869 g/mol. The first kappa shape index (κ1) is 57.1. The van der Waals surface area contributed by atoms with Crippen LogP contribution in [0.4, 0.5) is 0 Å². The van der Waals surface area contributed by atoms with Crippen LogP contribution in [-0.4, -0.2) is 18.3 Å². The van der Waals surface area contributed by atoms with Crippen molar-refractivity contribution < 1.29 is 0 Å². The molecule has 8 rings (SSSR count). The van der Waals surface area contributed by atoms with Gasteiger partial charge in [-0.25, -0.2) is 0 Å². The lowest BCUT2D eigenvalue weighted by Gasteiger charge is -2.20. The van der Waals surface area contributed by atoms with Crippen LogP contribution in [0, 0.1) is 0 Å². The van der Waals surface area contributed by atoms with Crippen LogP contribution < -0.4 is 0 Å². The van der Waals surface area contributed by atoms with Crippen molar-refractivity contribution in [3.05, 3.63) is 144 Å². The third kappa shape index (κ3) is 15.1. The highest BCUT2D eigenvalue weighted by Crippen LogP contribution is 2.32. The molecule has 0 N–H and O–H groups in total. The van der Waals surface area contributed by atoms with Crippen LogP contribution in [0.3, 0.4) is 0 Å². The number of aromatic nitrogens is 4. The van der Waals surface area contributed by atoms with Crippen LogP contribution >= 0.6 is 0 Å². The molecule has 0 aliphatic rings. The zero-order chi connectivity index (χ0) is 49.4. The van der Waals surface area contributed by atoms with Crippen molar-refractivity contribution >= 4 is 43.6 Å².